The van der Waals surface area contributed by atoms with Gasteiger partial charge in [-0.05, 0) is 63.4 Å². The third-order valence-corrected chi connectivity index (χ3v) is 5.49. The maximum Gasteiger partial charge on any atom is 0.574 e. The summed E-state index contributed by atoms with van der Waals surface area (Å²) in [5.41, 5.74) is 4.56. The first-order valence-corrected chi connectivity index (χ1v) is 10.6. The van der Waals surface area contributed by atoms with Crippen molar-refractivity contribution < 1.29 is 22.3 Å². The molecule has 0 saturated heterocycles. The summed E-state index contributed by atoms with van der Waals surface area (Å²) >= 11 is 0. The third kappa shape index (κ3) is 5.45. The van der Waals surface area contributed by atoms with Crippen molar-refractivity contribution in [3.8, 4) is 5.88 Å². The molecular formula is C23H25F3N4O2. The molecule has 0 N–H and O–H groups in total. The van der Waals surface area contributed by atoms with Gasteiger partial charge in [-0.1, -0.05) is 11.6 Å². The lowest BCUT2D eigenvalue weighted by Gasteiger charge is -2.28. The monoisotopic (exact) mass is 446 g/mol. The van der Waals surface area contributed by atoms with Gasteiger partial charge in [-0.2, -0.15) is 4.98 Å². The smallest absolute Gasteiger partial charge is 0.439 e. The predicted octanol–water partition coefficient (Wildman–Crippen LogP) is 5.46. The Labute approximate surface area is 184 Å². The van der Waals surface area contributed by atoms with Crippen LogP contribution in [-0.2, 0) is 6.42 Å². The number of hydrogen-bond donors (Lipinski definition) is 0. The van der Waals surface area contributed by atoms with Gasteiger partial charge in [0.2, 0.25) is 5.88 Å². The Morgan fingerprint density at radius 1 is 1.16 bits per heavy atom. The number of rotatable bonds is 5. The topological polar surface area (TPSA) is 64.3 Å². The Morgan fingerprint density at radius 2 is 1.97 bits per heavy atom. The van der Waals surface area contributed by atoms with Gasteiger partial charge in [0, 0.05) is 31.3 Å². The molecule has 0 radical (unpaired) electrons. The average Bonchev–Trinajstić information content (AvgIpc) is 2.90. The molecule has 1 aliphatic rings. The highest BCUT2D eigenvalue weighted by Crippen LogP contribution is 2.27. The van der Waals surface area contributed by atoms with Crippen LogP contribution in [0.4, 0.5) is 13.2 Å². The second-order valence-corrected chi connectivity index (χ2v) is 8.12. The zero-order valence-electron chi connectivity index (χ0n) is 18.2. The van der Waals surface area contributed by atoms with Crippen molar-refractivity contribution >= 4 is 11.2 Å². The number of allylic oxidation sites excluding steroid dienone is 1. The largest absolute Gasteiger partial charge is 0.574 e. The number of pyridine rings is 2. The molecule has 3 aromatic heterocycles. The van der Waals surface area contributed by atoms with Crippen molar-refractivity contribution in [1.82, 2.24) is 19.9 Å². The Morgan fingerprint density at radius 3 is 2.75 bits per heavy atom. The van der Waals surface area contributed by atoms with Gasteiger partial charge >= 0.3 is 6.36 Å². The summed E-state index contributed by atoms with van der Waals surface area (Å²) in [4.78, 5) is 15.2. The summed E-state index contributed by atoms with van der Waals surface area (Å²) in [5, 5.41) is 0. The van der Waals surface area contributed by atoms with E-state index >= 15 is 0 Å². The van der Waals surface area contributed by atoms with Crippen LogP contribution in [0.15, 0.2) is 40.3 Å². The standard InChI is InChI=1S/C23H25F3N4O2/c1-14-10-18(12-21(27-14)32-23(24,25)26)11-17-6-4-5-9-30(13-17)15(2)19-7-8-20-22(29-19)28-16(3)31-20/h6-8,10,12,15H,4-5,9,11,13H2,1-3H3/t15-/m1/s1. The van der Waals surface area contributed by atoms with E-state index in [4.69, 9.17) is 4.42 Å². The van der Waals surface area contributed by atoms with Crippen LogP contribution in [0.3, 0.4) is 0 Å². The molecule has 4 rings (SSSR count). The van der Waals surface area contributed by atoms with Gasteiger partial charge in [0.15, 0.2) is 17.1 Å². The first-order chi connectivity index (χ1) is 15.2. The normalized spacial score (nSPS) is 16.6. The van der Waals surface area contributed by atoms with E-state index in [9.17, 15) is 13.2 Å². The zero-order valence-corrected chi connectivity index (χ0v) is 18.2. The molecule has 0 bridgehead atoms. The molecule has 1 aliphatic heterocycles. The quantitative estimate of drug-likeness (QED) is 0.485. The highest BCUT2D eigenvalue weighted by atomic mass is 19.4. The van der Waals surface area contributed by atoms with Gasteiger partial charge in [-0.25, -0.2) is 9.97 Å². The van der Waals surface area contributed by atoms with Crippen molar-refractivity contribution in [3.63, 3.8) is 0 Å². The average molecular weight is 446 g/mol. The lowest BCUT2D eigenvalue weighted by atomic mass is 10.0. The first-order valence-electron chi connectivity index (χ1n) is 10.6. The molecule has 0 fully saturated rings. The maximum atomic E-state index is 12.6. The van der Waals surface area contributed by atoms with E-state index < -0.39 is 12.2 Å². The van der Waals surface area contributed by atoms with E-state index in [1.807, 2.05) is 12.1 Å². The van der Waals surface area contributed by atoms with Crippen LogP contribution < -0.4 is 4.74 Å². The van der Waals surface area contributed by atoms with Crippen LogP contribution in [0.1, 0.15) is 48.6 Å². The minimum absolute atomic E-state index is 0.0567. The molecule has 0 spiro atoms. The molecule has 0 unspecified atom stereocenters. The summed E-state index contributed by atoms with van der Waals surface area (Å²) in [6.07, 6.45) is -0.122. The fraction of sp³-hybridized carbons (Fsp3) is 0.435. The number of aromatic nitrogens is 3. The van der Waals surface area contributed by atoms with Crippen molar-refractivity contribution in [3.05, 3.63) is 58.8 Å². The number of alkyl halides is 3. The Kier molecular flexibility index (Phi) is 6.19. The molecule has 32 heavy (non-hydrogen) atoms. The van der Waals surface area contributed by atoms with Crippen LogP contribution in [-0.4, -0.2) is 39.3 Å². The van der Waals surface area contributed by atoms with E-state index in [1.54, 1.807) is 19.9 Å². The summed E-state index contributed by atoms with van der Waals surface area (Å²) in [6.45, 7) is 7.17. The number of ether oxygens (including phenoxy) is 1. The Hall–Kier alpha value is -2.94. The number of nitrogens with zero attached hydrogens (tertiary/aromatic N) is 4. The zero-order chi connectivity index (χ0) is 22.9. The number of halogens is 3. The first kappa shape index (κ1) is 22.3. The number of aryl methyl sites for hydroxylation is 2. The number of oxazole rings is 1. The van der Waals surface area contributed by atoms with E-state index in [0.29, 0.717) is 35.8 Å². The molecule has 0 aromatic carbocycles. The van der Waals surface area contributed by atoms with Crippen LogP contribution in [0.2, 0.25) is 0 Å². The summed E-state index contributed by atoms with van der Waals surface area (Å²) in [6, 6.07) is 7.07. The fourth-order valence-electron chi connectivity index (χ4n) is 4.07. The van der Waals surface area contributed by atoms with Gasteiger partial charge in [0.1, 0.15) is 0 Å². The SMILES string of the molecule is Cc1cc(CC2=CCCCN([C@H](C)c3ccc4oc(C)nc4n3)C2)cc(OC(F)(F)F)n1. The lowest BCUT2D eigenvalue weighted by Crippen LogP contribution is -2.30. The van der Waals surface area contributed by atoms with E-state index in [1.165, 1.54) is 6.07 Å². The molecule has 6 nitrogen and oxygen atoms in total. The highest BCUT2D eigenvalue weighted by Gasteiger charge is 2.32. The summed E-state index contributed by atoms with van der Waals surface area (Å²) in [7, 11) is 0. The molecular weight excluding hydrogens is 421 g/mol. The second kappa shape index (κ2) is 8.90. The van der Waals surface area contributed by atoms with Gasteiger partial charge in [0.25, 0.3) is 0 Å². The van der Waals surface area contributed by atoms with Crippen LogP contribution in [0.25, 0.3) is 11.2 Å². The van der Waals surface area contributed by atoms with Gasteiger partial charge in [0.05, 0.1) is 5.69 Å². The minimum atomic E-state index is -4.76. The molecule has 4 heterocycles. The Balaban J connectivity index is 1.50. The minimum Gasteiger partial charge on any atom is -0.439 e. The van der Waals surface area contributed by atoms with Crippen molar-refractivity contribution in [2.75, 3.05) is 13.1 Å². The predicted molar refractivity (Wildman–Crippen MR) is 113 cm³/mol. The Bertz CT molecular complexity index is 1140. The summed E-state index contributed by atoms with van der Waals surface area (Å²) in [5.74, 6) is 0.158. The molecule has 9 heteroatoms. The molecule has 1 atom stereocenters. The molecule has 0 amide bonds. The fourth-order valence-corrected chi connectivity index (χ4v) is 4.07. The van der Waals surface area contributed by atoms with E-state index in [2.05, 4.69) is 37.6 Å². The molecule has 0 aliphatic carbocycles. The van der Waals surface area contributed by atoms with Gasteiger partial charge < -0.3 is 9.15 Å². The van der Waals surface area contributed by atoms with Crippen molar-refractivity contribution in [2.45, 2.75) is 52.4 Å². The second-order valence-electron chi connectivity index (χ2n) is 8.12. The maximum absolute atomic E-state index is 12.6. The van der Waals surface area contributed by atoms with Crippen LogP contribution in [0, 0.1) is 13.8 Å². The number of fused-ring (bicyclic) bond motifs is 1. The van der Waals surface area contributed by atoms with Gasteiger partial charge in [-0.3, -0.25) is 4.90 Å². The molecule has 3 aromatic rings. The molecule has 0 saturated carbocycles. The highest BCUT2D eigenvalue weighted by molar-refractivity contribution is 5.67. The van der Waals surface area contributed by atoms with Crippen LogP contribution >= 0.6 is 0 Å². The lowest BCUT2D eigenvalue weighted by molar-refractivity contribution is -0.276. The van der Waals surface area contributed by atoms with E-state index in [-0.39, 0.29) is 6.04 Å². The number of hydrogen-bond acceptors (Lipinski definition) is 6. The third-order valence-electron chi connectivity index (χ3n) is 5.49. The van der Waals surface area contributed by atoms with E-state index in [0.717, 1.165) is 36.2 Å². The van der Waals surface area contributed by atoms with Crippen molar-refractivity contribution in [2.24, 2.45) is 0 Å². The van der Waals surface area contributed by atoms with Gasteiger partial charge in [-0.15, -0.1) is 13.2 Å². The molecule has 170 valence electrons. The van der Waals surface area contributed by atoms with Crippen LogP contribution in [0.5, 0.6) is 5.88 Å². The summed E-state index contributed by atoms with van der Waals surface area (Å²) < 4.78 is 47.4. The van der Waals surface area contributed by atoms with Crippen molar-refractivity contribution in [1.29, 1.82) is 0 Å².